The van der Waals surface area contributed by atoms with E-state index >= 15 is 0 Å². The Morgan fingerprint density at radius 2 is 2.33 bits per heavy atom. The minimum Gasteiger partial charge on any atom is -0.500 e. The average Bonchev–Trinajstić information content (AvgIpc) is 2.39. The Morgan fingerprint density at radius 3 is 2.89 bits per heavy atom. The summed E-state index contributed by atoms with van der Waals surface area (Å²) in [5.41, 5.74) is 0.540. The fourth-order valence-corrected chi connectivity index (χ4v) is 2.28. The lowest BCUT2D eigenvalue weighted by molar-refractivity contribution is -0.386. The Balaban J connectivity index is 2.41. The normalized spacial score (nSPS) is 19.5. The van der Waals surface area contributed by atoms with Crippen molar-refractivity contribution >= 4 is 5.69 Å². The molecule has 0 aliphatic carbocycles. The first-order chi connectivity index (χ1) is 8.63. The molecule has 1 aliphatic rings. The molecular weight excluding hydrogens is 236 g/mol. The van der Waals surface area contributed by atoms with Gasteiger partial charge in [0.25, 0.3) is 0 Å². The van der Waals surface area contributed by atoms with Gasteiger partial charge in [0, 0.05) is 12.6 Å². The van der Waals surface area contributed by atoms with Crippen LogP contribution in [0.4, 0.5) is 5.69 Å². The molecule has 6 nitrogen and oxygen atoms in total. The van der Waals surface area contributed by atoms with Crippen molar-refractivity contribution in [1.82, 2.24) is 5.32 Å². The first kappa shape index (κ1) is 12.6. The zero-order valence-corrected chi connectivity index (χ0v) is 10.2. The van der Waals surface area contributed by atoms with Crippen molar-refractivity contribution in [3.05, 3.63) is 27.8 Å². The van der Waals surface area contributed by atoms with Gasteiger partial charge in [0.2, 0.25) is 5.75 Å². The van der Waals surface area contributed by atoms with E-state index in [1.165, 1.54) is 13.2 Å². The number of nitro groups is 1. The van der Waals surface area contributed by atoms with Crippen molar-refractivity contribution in [2.75, 3.05) is 20.2 Å². The van der Waals surface area contributed by atoms with Crippen molar-refractivity contribution in [1.29, 1.82) is 0 Å². The summed E-state index contributed by atoms with van der Waals surface area (Å²) < 4.78 is 4.99. The van der Waals surface area contributed by atoms with Gasteiger partial charge in [-0.05, 0) is 36.9 Å². The second-order valence-corrected chi connectivity index (χ2v) is 4.39. The maximum Gasteiger partial charge on any atom is 0.314 e. The van der Waals surface area contributed by atoms with Gasteiger partial charge in [-0.15, -0.1) is 0 Å². The van der Waals surface area contributed by atoms with Crippen LogP contribution in [-0.2, 0) is 0 Å². The molecular formula is C12H16N2O4. The SMILES string of the molecule is COc1cc(C2CCCNC2)cc([N+](=O)[O-])c1O. The van der Waals surface area contributed by atoms with Gasteiger partial charge >= 0.3 is 5.69 Å². The van der Waals surface area contributed by atoms with E-state index in [-0.39, 0.29) is 17.4 Å². The van der Waals surface area contributed by atoms with E-state index in [0.29, 0.717) is 0 Å². The van der Waals surface area contributed by atoms with E-state index in [1.807, 2.05) is 0 Å². The Kier molecular flexibility index (Phi) is 3.66. The monoisotopic (exact) mass is 252 g/mol. The minimum absolute atomic E-state index is 0.157. The van der Waals surface area contributed by atoms with Crippen molar-refractivity contribution in [3.8, 4) is 11.5 Å². The first-order valence-electron chi connectivity index (χ1n) is 5.89. The van der Waals surface area contributed by atoms with Gasteiger partial charge in [-0.1, -0.05) is 0 Å². The number of ether oxygens (including phenoxy) is 1. The molecule has 1 aromatic carbocycles. The number of aromatic hydroxyl groups is 1. The molecule has 1 fully saturated rings. The molecule has 2 rings (SSSR count). The zero-order chi connectivity index (χ0) is 13.1. The molecule has 1 aromatic rings. The Bertz CT molecular complexity index is 456. The van der Waals surface area contributed by atoms with Gasteiger partial charge < -0.3 is 15.2 Å². The van der Waals surface area contributed by atoms with Gasteiger partial charge in [0.05, 0.1) is 12.0 Å². The second kappa shape index (κ2) is 5.22. The summed E-state index contributed by atoms with van der Waals surface area (Å²) in [5, 5.41) is 23.9. The van der Waals surface area contributed by atoms with Gasteiger partial charge in [-0.25, -0.2) is 0 Å². The quantitative estimate of drug-likeness (QED) is 0.632. The van der Waals surface area contributed by atoms with Crippen LogP contribution in [0.15, 0.2) is 12.1 Å². The molecule has 0 saturated carbocycles. The van der Waals surface area contributed by atoms with Gasteiger partial charge in [-0.3, -0.25) is 10.1 Å². The predicted octanol–water partition coefficient (Wildman–Crippen LogP) is 1.78. The first-order valence-corrected chi connectivity index (χ1v) is 5.89. The number of phenols is 1. The number of hydrogen-bond donors (Lipinski definition) is 2. The Labute approximate surface area is 105 Å². The van der Waals surface area contributed by atoms with Crippen LogP contribution in [0.25, 0.3) is 0 Å². The maximum atomic E-state index is 10.9. The largest absolute Gasteiger partial charge is 0.500 e. The van der Waals surface area contributed by atoms with Crippen molar-refractivity contribution in [3.63, 3.8) is 0 Å². The Morgan fingerprint density at radius 1 is 1.56 bits per heavy atom. The van der Waals surface area contributed by atoms with E-state index in [2.05, 4.69) is 5.32 Å². The van der Waals surface area contributed by atoms with Crippen molar-refractivity contribution < 1.29 is 14.8 Å². The molecule has 6 heteroatoms. The summed E-state index contributed by atoms with van der Waals surface area (Å²) in [6.45, 7) is 1.78. The summed E-state index contributed by atoms with van der Waals surface area (Å²) in [7, 11) is 1.39. The molecule has 18 heavy (non-hydrogen) atoms. The van der Waals surface area contributed by atoms with E-state index in [9.17, 15) is 15.2 Å². The molecule has 1 heterocycles. The molecule has 0 aromatic heterocycles. The number of piperidine rings is 1. The highest BCUT2D eigenvalue weighted by atomic mass is 16.6. The van der Waals surface area contributed by atoms with Crippen molar-refractivity contribution in [2.24, 2.45) is 0 Å². The lowest BCUT2D eigenvalue weighted by atomic mass is 9.91. The third-order valence-corrected chi connectivity index (χ3v) is 3.26. The van der Waals surface area contributed by atoms with Crippen LogP contribution in [-0.4, -0.2) is 30.2 Å². The lowest BCUT2D eigenvalue weighted by Crippen LogP contribution is -2.28. The summed E-state index contributed by atoms with van der Waals surface area (Å²) in [5.74, 6) is -0.0215. The van der Waals surface area contributed by atoms with E-state index in [1.54, 1.807) is 6.07 Å². The van der Waals surface area contributed by atoms with Gasteiger partial charge in [-0.2, -0.15) is 0 Å². The van der Waals surface area contributed by atoms with Crippen LogP contribution in [0.1, 0.15) is 24.3 Å². The molecule has 98 valence electrons. The van der Waals surface area contributed by atoms with E-state index in [0.717, 1.165) is 31.5 Å². The van der Waals surface area contributed by atoms with Crippen LogP contribution < -0.4 is 10.1 Å². The topological polar surface area (TPSA) is 84.6 Å². The maximum absolute atomic E-state index is 10.9. The second-order valence-electron chi connectivity index (χ2n) is 4.39. The van der Waals surface area contributed by atoms with Crippen LogP contribution >= 0.6 is 0 Å². The highest BCUT2D eigenvalue weighted by molar-refractivity contribution is 5.57. The minimum atomic E-state index is -0.586. The van der Waals surface area contributed by atoms with Crippen LogP contribution in [0.3, 0.4) is 0 Å². The van der Waals surface area contributed by atoms with E-state index in [4.69, 9.17) is 4.74 Å². The van der Waals surface area contributed by atoms with Crippen LogP contribution in [0, 0.1) is 10.1 Å². The summed E-state index contributed by atoms with van der Waals surface area (Å²) in [6.07, 6.45) is 2.03. The molecule has 1 aliphatic heterocycles. The number of methoxy groups -OCH3 is 1. The molecule has 2 N–H and O–H groups in total. The standard InChI is InChI=1S/C12H16N2O4/c1-18-11-6-9(8-3-2-4-13-7-8)5-10(12(11)15)14(16)17/h5-6,8,13,15H,2-4,7H2,1H3. The third-order valence-electron chi connectivity index (χ3n) is 3.26. The lowest BCUT2D eigenvalue weighted by Gasteiger charge is -2.23. The average molecular weight is 252 g/mol. The summed E-state index contributed by atoms with van der Waals surface area (Å²) in [4.78, 5) is 10.3. The highest BCUT2D eigenvalue weighted by Gasteiger charge is 2.24. The van der Waals surface area contributed by atoms with E-state index < -0.39 is 10.7 Å². The fourth-order valence-electron chi connectivity index (χ4n) is 2.28. The van der Waals surface area contributed by atoms with Crippen LogP contribution in [0.5, 0.6) is 11.5 Å². The smallest absolute Gasteiger partial charge is 0.314 e. The van der Waals surface area contributed by atoms with Gasteiger partial charge in [0.1, 0.15) is 0 Å². The third kappa shape index (κ3) is 2.38. The van der Waals surface area contributed by atoms with Crippen LogP contribution in [0.2, 0.25) is 0 Å². The predicted molar refractivity (Wildman–Crippen MR) is 66.2 cm³/mol. The molecule has 1 unspecified atom stereocenters. The Hall–Kier alpha value is -1.82. The number of phenolic OH excluding ortho intramolecular Hbond substituents is 1. The molecule has 0 amide bonds. The molecule has 1 atom stereocenters. The summed E-state index contributed by atoms with van der Waals surface area (Å²) >= 11 is 0. The number of nitrogens with one attached hydrogen (secondary N) is 1. The number of nitro benzene ring substituents is 1. The fraction of sp³-hybridized carbons (Fsp3) is 0.500. The number of nitrogens with zero attached hydrogens (tertiary/aromatic N) is 1. The summed E-state index contributed by atoms with van der Waals surface area (Å²) in [6, 6.07) is 3.12. The number of rotatable bonds is 3. The molecule has 1 saturated heterocycles. The highest BCUT2D eigenvalue weighted by Crippen LogP contribution is 2.39. The zero-order valence-electron chi connectivity index (χ0n) is 10.2. The molecule has 0 radical (unpaired) electrons. The number of benzene rings is 1. The molecule has 0 bridgehead atoms. The van der Waals surface area contributed by atoms with Crippen molar-refractivity contribution in [2.45, 2.75) is 18.8 Å². The van der Waals surface area contributed by atoms with Gasteiger partial charge in [0.15, 0.2) is 5.75 Å². The molecule has 0 spiro atoms. The number of hydrogen-bond acceptors (Lipinski definition) is 5.